The number of quaternary nitrogens is 1. The molecule has 1 aliphatic heterocycles. The lowest BCUT2D eigenvalue weighted by molar-refractivity contribution is -0.151. The third kappa shape index (κ3) is 3.21. The van der Waals surface area contributed by atoms with Crippen LogP contribution >= 0.6 is 0 Å². The maximum Gasteiger partial charge on any atom is 0.439 e. The maximum atomic E-state index is 14.3. The number of aliphatic imine (C=N–C) groups is 1. The molecule has 0 aromatic heterocycles. The van der Waals surface area contributed by atoms with Crippen LogP contribution in [0.15, 0.2) is 53.5 Å². The third-order valence-electron chi connectivity index (χ3n) is 4.17. The number of rotatable bonds is 2. The van der Waals surface area contributed by atoms with Crippen molar-refractivity contribution in [3.63, 3.8) is 0 Å². The molecule has 2 N–H and O–H groups in total. The number of benzene rings is 2. The van der Waals surface area contributed by atoms with Gasteiger partial charge < -0.3 is 5.73 Å². The van der Waals surface area contributed by atoms with Crippen LogP contribution in [0, 0.1) is 12.4 Å². The van der Waals surface area contributed by atoms with Crippen LogP contribution in [0.5, 0.6) is 0 Å². The zero-order valence-corrected chi connectivity index (χ0v) is 13.7. The molecule has 2 aromatic carbocycles. The van der Waals surface area contributed by atoms with Crippen molar-refractivity contribution in [1.29, 1.82) is 0 Å². The summed E-state index contributed by atoms with van der Waals surface area (Å²) in [4.78, 5) is 28.6. The van der Waals surface area contributed by atoms with Gasteiger partial charge in [0.2, 0.25) is 6.54 Å². The first-order chi connectivity index (χ1) is 12.7. The van der Waals surface area contributed by atoms with Crippen LogP contribution in [0.25, 0.3) is 0 Å². The molecule has 0 aliphatic carbocycles. The van der Waals surface area contributed by atoms with Gasteiger partial charge in [0.05, 0.1) is 11.3 Å². The van der Waals surface area contributed by atoms with Gasteiger partial charge in [-0.2, -0.15) is 13.2 Å². The predicted molar refractivity (Wildman–Crippen MR) is 90.1 cm³/mol. The van der Waals surface area contributed by atoms with Crippen molar-refractivity contribution in [3.8, 4) is 0 Å². The number of primary amides is 1. The van der Waals surface area contributed by atoms with Gasteiger partial charge in [0.15, 0.2) is 12.2 Å². The van der Waals surface area contributed by atoms with E-state index < -0.39 is 35.0 Å². The van der Waals surface area contributed by atoms with Gasteiger partial charge in [-0.3, -0.25) is 4.99 Å². The number of imide groups is 1. The maximum absolute atomic E-state index is 14.3. The van der Waals surface area contributed by atoms with Crippen LogP contribution in [0.1, 0.15) is 11.1 Å². The highest BCUT2D eigenvalue weighted by Gasteiger charge is 2.55. The largest absolute Gasteiger partial charge is 0.439 e. The second kappa shape index (κ2) is 6.58. The molecule has 27 heavy (non-hydrogen) atoms. The van der Waals surface area contributed by atoms with E-state index in [1.165, 1.54) is 42.5 Å². The Balaban J connectivity index is 2.31. The molecular formula is C18H13F4N3O2+. The predicted octanol–water partition coefficient (Wildman–Crippen LogP) is 3.31. The molecule has 0 fully saturated rings. The van der Waals surface area contributed by atoms with Crippen LogP contribution in [-0.4, -0.2) is 30.4 Å². The number of halogens is 4. The molecule has 5 nitrogen and oxygen atoms in total. The summed E-state index contributed by atoms with van der Waals surface area (Å²) in [5.41, 5.74) is 4.86. The first-order valence-electron chi connectivity index (χ1n) is 7.72. The lowest BCUT2D eigenvalue weighted by Gasteiger charge is -2.31. The first kappa shape index (κ1) is 18.7. The van der Waals surface area contributed by atoms with Crippen molar-refractivity contribution >= 4 is 23.3 Å². The minimum absolute atomic E-state index is 0.00718. The average Bonchev–Trinajstić information content (AvgIpc) is 2.71. The molecule has 3 amide bonds. The lowest BCUT2D eigenvalue weighted by Crippen LogP contribution is -2.64. The molecule has 1 atom stereocenters. The number of hydrogen-bond donors (Lipinski definition) is 1. The fourth-order valence-electron chi connectivity index (χ4n) is 3.02. The number of urea groups is 1. The molecule has 0 saturated carbocycles. The Morgan fingerprint density at radius 3 is 2.22 bits per heavy atom. The highest BCUT2D eigenvalue weighted by molar-refractivity contribution is 6.23. The third-order valence-corrected chi connectivity index (χ3v) is 4.17. The van der Waals surface area contributed by atoms with E-state index in [4.69, 9.17) is 5.73 Å². The average molecular weight is 379 g/mol. The number of para-hydroxylation sites is 1. The van der Waals surface area contributed by atoms with Gasteiger partial charge in [0, 0.05) is 11.6 Å². The zero-order chi connectivity index (χ0) is 19.8. The summed E-state index contributed by atoms with van der Waals surface area (Å²) in [5, 5.41) is 0. The van der Waals surface area contributed by atoms with Gasteiger partial charge in [-0.05, 0) is 18.2 Å². The number of alkyl halides is 3. The molecule has 1 heterocycles. The van der Waals surface area contributed by atoms with Gasteiger partial charge in [-0.1, -0.05) is 24.3 Å². The normalized spacial score (nSPS) is 19.9. The van der Waals surface area contributed by atoms with E-state index in [1.54, 1.807) is 0 Å². The number of carbonyl (C=O) groups is 2. The van der Waals surface area contributed by atoms with Crippen LogP contribution in [-0.2, 0) is 4.79 Å². The monoisotopic (exact) mass is 379 g/mol. The van der Waals surface area contributed by atoms with E-state index in [9.17, 15) is 27.2 Å². The quantitative estimate of drug-likeness (QED) is 0.642. The molecule has 3 rings (SSSR count). The summed E-state index contributed by atoms with van der Waals surface area (Å²) in [6.45, 7) is -1.26. The Kier molecular flexibility index (Phi) is 4.56. The topological polar surface area (TPSA) is 72.5 Å². The van der Waals surface area contributed by atoms with Crippen molar-refractivity contribution in [2.24, 2.45) is 10.7 Å². The van der Waals surface area contributed by atoms with Gasteiger partial charge in [-0.15, -0.1) is 4.48 Å². The smallest absolute Gasteiger partial charge is 0.318 e. The number of amides is 3. The summed E-state index contributed by atoms with van der Waals surface area (Å²) in [6, 6.07) is 9.35. The van der Waals surface area contributed by atoms with Crippen molar-refractivity contribution < 1.29 is 27.2 Å². The zero-order valence-electron chi connectivity index (χ0n) is 13.7. The van der Waals surface area contributed by atoms with E-state index in [2.05, 4.69) is 4.99 Å². The molecule has 0 spiro atoms. The second-order valence-electron chi connectivity index (χ2n) is 5.86. The molecule has 0 unspecified atom stereocenters. The number of carbonyl (C=O) groups excluding carboxylic acids is 2. The van der Waals surface area contributed by atoms with Crippen LogP contribution in [0.3, 0.4) is 0 Å². The highest BCUT2D eigenvalue weighted by atomic mass is 19.4. The molecule has 1 radical (unpaired) electrons. The Bertz CT molecular complexity index is 956. The first-order valence-corrected chi connectivity index (χ1v) is 7.72. The number of hydrogen-bond acceptors (Lipinski definition) is 3. The second-order valence-corrected chi connectivity index (χ2v) is 5.86. The van der Waals surface area contributed by atoms with Gasteiger partial charge >= 0.3 is 18.1 Å². The summed E-state index contributed by atoms with van der Waals surface area (Å²) in [7, 11) is 0. The minimum Gasteiger partial charge on any atom is -0.318 e. The van der Waals surface area contributed by atoms with Gasteiger partial charge in [0.25, 0.3) is 0 Å². The summed E-state index contributed by atoms with van der Waals surface area (Å²) in [6.07, 6.45) is -4.88. The van der Waals surface area contributed by atoms with E-state index in [1.807, 2.05) is 0 Å². The Hall–Kier alpha value is -3.07. The van der Waals surface area contributed by atoms with Crippen LogP contribution < -0.4 is 10.2 Å². The SMILES string of the molecule is NC(=O)[N@+]1(CC(F)(F)F)C(=O)[CH]N=C(c2ccccc2F)c2ccccc21. The number of nitrogens with zero attached hydrogens (tertiary/aromatic N) is 2. The van der Waals surface area contributed by atoms with E-state index in [-0.39, 0.29) is 22.5 Å². The molecule has 2 aromatic rings. The van der Waals surface area contributed by atoms with Crippen LogP contribution in [0.4, 0.5) is 28.0 Å². The Morgan fingerprint density at radius 1 is 1.04 bits per heavy atom. The van der Waals surface area contributed by atoms with Crippen molar-refractivity contribution in [3.05, 3.63) is 72.0 Å². The lowest BCUT2D eigenvalue weighted by atomic mass is 9.99. The van der Waals surface area contributed by atoms with Crippen LogP contribution in [0.2, 0.25) is 0 Å². The summed E-state index contributed by atoms with van der Waals surface area (Å²) in [5.74, 6) is -1.94. The summed E-state index contributed by atoms with van der Waals surface area (Å²) >= 11 is 0. The van der Waals surface area contributed by atoms with Crippen molar-refractivity contribution in [2.75, 3.05) is 6.54 Å². The van der Waals surface area contributed by atoms with E-state index in [0.29, 0.717) is 6.54 Å². The number of nitrogens with two attached hydrogens (primary N) is 1. The Morgan fingerprint density at radius 2 is 1.63 bits per heavy atom. The Labute approximate surface area is 151 Å². The van der Waals surface area contributed by atoms with Gasteiger partial charge in [0.1, 0.15) is 5.82 Å². The minimum atomic E-state index is -4.88. The fourth-order valence-corrected chi connectivity index (χ4v) is 3.02. The van der Waals surface area contributed by atoms with Gasteiger partial charge in [-0.25, -0.2) is 14.0 Å². The highest BCUT2D eigenvalue weighted by Crippen LogP contribution is 2.36. The number of fused-ring (bicyclic) bond motifs is 1. The summed E-state index contributed by atoms with van der Waals surface area (Å²) < 4.78 is 52.2. The molecule has 9 heteroatoms. The molecule has 0 saturated heterocycles. The fraction of sp³-hybridized carbons (Fsp3) is 0.111. The molecule has 139 valence electrons. The number of benzodiazepines with no additional fused rings is 1. The van der Waals surface area contributed by atoms with Crippen molar-refractivity contribution in [1.82, 2.24) is 4.48 Å². The molecule has 0 bridgehead atoms. The molecular weight excluding hydrogens is 366 g/mol. The molecule has 1 aliphatic rings. The van der Waals surface area contributed by atoms with E-state index in [0.717, 1.165) is 6.07 Å². The standard InChI is InChI=1S/C18H12F4N3O2/c19-13-7-3-1-5-11(13)16-12-6-2-4-8-14(12)25(17(23)27,10-18(20,21)22)15(26)9-24-16/h1-9H,10H2,(H-,23,27)/p+1/t25-/m0/s1. The van der Waals surface area contributed by atoms with Crippen molar-refractivity contribution in [2.45, 2.75) is 6.18 Å². The van der Waals surface area contributed by atoms with E-state index >= 15 is 0 Å².